The Balaban J connectivity index is 1.84. The van der Waals surface area contributed by atoms with Gasteiger partial charge in [0.1, 0.15) is 16.5 Å². The fraction of sp³-hybridized carbons (Fsp3) is 0.733. The van der Waals surface area contributed by atoms with Crippen molar-refractivity contribution in [1.82, 2.24) is 4.98 Å². The van der Waals surface area contributed by atoms with Crippen molar-refractivity contribution in [3.63, 3.8) is 0 Å². The largest absolute Gasteiger partial charge is 0.465 e. The molecule has 1 aliphatic heterocycles. The number of hydrogen-bond acceptors (Lipinski definition) is 5. The molecule has 1 saturated heterocycles. The zero-order chi connectivity index (χ0) is 14.2. The summed E-state index contributed by atoms with van der Waals surface area (Å²) in [7, 11) is 0. The summed E-state index contributed by atoms with van der Waals surface area (Å²) < 4.78 is 11.1. The average molecular weight is 295 g/mol. The Hall–Kier alpha value is -0.940. The molecule has 4 nitrogen and oxygen atoms in total. The van der Waals surface area contributed by atoms with Crippen LogP contribution in [0.4, 0.5) is 0 Å². The molecule has 1 aliphatic carbocycles. The van der Waals surface area contributed by atoms with Gasteiger partial charge in [-0.25, -0.2) is 4.98 Å². The molecular formula is C15H21NO3S. The van der Waals surface area contributed by atoms with Crippen molar-refractivity contribution in [2.24, 2.45) is 0 Å². The summed E-state index contributed by atoms with van der Waals surface area (Å²) >= 11 is 1.72. The molecule has 2 unspecified atom stereocenters. The molecule has 2 aliphatic rings. The second-order valence-electron chi connectivity index (χ2n) is 5.71. The van der Waals surface area contributed by atoms with Gasteiger partial charge in [0.15, 0.2) is 0 Å². The number of aromatic nitrogens is 1. The molecule has 20 heavy (non-hydrogen) atoms. The lowest BCUT2D eigenvalue weighted by molar-refractivity contribution is -0.145. The summed E-state index contributed by atoms with van der Waals surface area (Å²) in [6.45, 7) is 5.21. The van der Waals surface area contributed by atoms with Crippen LogP contribution in [-0.2, 0) is 26.3 Å². The lowest BCUT2D eigenvalue weighted by atomic mass is 9.96. The summed E-state index contributed by atoms with van der Waals surface area (Å²) in [5, 5.41) is 1.04. The molecule has 110 valence electrons. The van der Waals surface area contributed by atoms with E-state index in [0.29, 0.717) is 6.61 Å². The fourth-order valence-electron chi connectivity index (χ4n) is 3.03. The van der Waals surface area contributed by atoms with Crippen molar-refractivity contribution >= 4 is 17.3 Å². The molecule has 2 heterocycles. The van der Waals surface area contributed by atoms with Gasteiger partial charge in [-0.1, -0.05) is 0 Å². The number of thiazole rings is 1. The van der Waals surface area contributed by atoms with Crippen LogP contribution in [-0.4, -0.2) is 24.2 Å². The van der Waals surface area contributed by atoms with Crippen LogP contribution < -0.4 is 0 Å². The Morgan fingerprint density at radius 2 is 2.40 bits per heavy atom. The Morgan fingerprint density at radius 3 is 3.10 bits per heavy atom. The number of esters is 1. The maximum Gasteiger partial charge on any atom is 0.315 e. The van der Waals surface area contributed by atoms with Crippen LogP contribution >= 0.6 is 11.3 Å². The van der Waals surface area contributed by atoms with Crippen molar-refractivity contribution in [3.8, 4) is 0 Å². The standard InChI is InChI=1S/C15H21NO3S/c1-3-18-13(17)10-6-7-11-12(10)16-14(20-11)15(2)8-4-5-9-19-15/h10H,3-9H2,1-2H3. The maximum atomic E-state index is 12.0. The molecule has 1 aromatic rings. The van der Waals surface area contributed by atoms with E-state index in [1.54, 1.807) is 11.3 Å². The monoisotopic (exact) mass is 295 g/mol. The summed E-state index contributed by atoms with van der Waals surface area (Å²) in [5.41, 5.74) is 0.686. The topological polar surface area (TPSA) is 48.4 Å². The highest BCUT2D eigenvalue weighted by atomic mass is 32.1. The van der Waals surface area contributed by atoms with E-state index in [1.165, 1.54) is 11.3 Å². The summed E-state index contributed by atoms with van der Waals surface area (Å²) in [5.74, 6) is -0.292. The first-order valence-electron chi connectivity index (χ1n) is 7.44. The molecule has 0 N–H and O–H groups in total. The van der Waals surface area contributed by atoms with Crippen molar-refractivity contribution < 1.29 is 14.3 Å². The molecule has 0 radical (unpaired) electrons. The quantitative estimate of drug-likeness (QED) is 0.804. The average Bonchev–Trinajstić information content (AvgIpc) is 2.99. The molecule has 3 rings (SSSR count). The van der Waals surface area contributed by atoms with Crippen molar-refractivity contribution in [2.75, 3.05) is 13.2 Å². The molecular weight excluding hydrogens is 274 g/mol. The molecule has 0 aromatic carbocycles. The van der Waals surface area contributed by atoms with E-state index in [2.05, 4.69) is 6.92 Å². The highest BCUT2D eigenvalue weighted by molar-refractivity contribution is 7.12. The zero-order valence-corrected chi connectivity index (χ0v) is 12.9. The highest BCUT2D eigenvalue weighted by Gasteiger charge is 2.39. The van der Waals surface area contributed by atoms with Crippen LogP contribution in [0.5, 0.6) is 0 Å². The van der Waals surface area contributed by atoms with Gasteiger partial charge in [-0.05, 0) is 46.0 Å². The minimum atomic E-state index is -0.257. The molecule has 5 heteroatoms. The second kappa shape index (κ2) is 5.45. The number of nitrogens with zero attached hydrogens (tertiary/aromatic N) is 1. The van der Waals surface area contributed by atoms with Crippen molar-refractivity contribution in [1.29, 1.82) is 0 Å². The number of carbonyl (C=O) groups is 1. The SMILES string of the molecule is CCOC(=O)C1CCc2sc(C3(C)CCCCO3)nc21. The van der Waals surface area contributed by atoms with E-state index < -0.39 is 0 Å². The Morgan fingerprint density at radius 1 is 1.55 bits per heavy atom. The van der Waals surface area contributed by atoms with Gasteiger partial charge in [-0.3, -0.25) is 4.79 Å². The van der Waals surface area contributed by atoms with Gasteiger partial charge in [0, 0.05) is 11.5 Å². The molecule has 1 aromatic heterocycles. The van der Waals surface area contributed by atoms with E-state index in [9.17, 15) is 4.79 Å². The van der Waals surface area contributed by atoms with Crippen LogP contribution in [0, 0.1) is 0 Å². The van der Waals surface area contributed by atoms with Crippen LogP contribution in [0.2, 0.25) is 0 Å². The normalized spacial score (nSPS) is 29.2. The third-order valence-electron chi connectivity index (χ3n) is 4.21. The van der Waals surface area contributed by atoms with Crippen molar-refractivity contribution in [3.05, 3.63) is 15.6 Å². The minimum Gasteiger partial charge on any atom is -0.465 e. The Labute approximate surface area is 123 Å². The molecule has 0 amide bonds. The lowest BCUT2D eigenvalue weighted by Crippen LogP contribution is -2.30. The van der Waals surface area contributed by atoms with Gasteiger partial charge in [0.05, 0.1) is 12.3 Å². The Bertz CT molecular complexity index is 505. The number of aryl methyl sites for hydroxylation is 1. The van der Waals surface area contributed by atoms with E-state index in [4.69, 9.17) is 14.5 Å². The number of hydrogen-bond donors (Lipinski definition) is 0. The zero-order valence-electron chi connectivity index (χ0n) is 12.1. The third kappa shape index (κ3) is 2.37. The number of fused-ring (bicyclic) bond motifs is 1. The van der Waals surface area contributed by atoms with Crippen molar-refractivity contribution in [2.45, 2.75) is 57.5 Å². The van der Waals surface area contributed by atoms with Gasteiger partial charge in [-0.15, -0.1) is 11.3 Å². The van der Waals surface area contributed by atoms with Crippen LogP contribution in [0.15, 0.2) is 0 Å². The molecule has 0 bridgehead atoms. The van der Waals surface area contributed by atoms with Gasteiger partial charge in [-0.2, -0.15) is 0 Å². The predicted molar refractivity (Wildman–Crippen MR) is 77.0 cm³/mol. The Kier molecular flexibility index (Phi) is 3.82. The smallest absolute Gasteiger partial charge is 0.315 e. The molecule has 0 spiro atoms. The predicted octanol–water partition coefficient (Wildman–Crippen LogP) is 3.15. The number of carbonyl (C=O) groups excluding carboxylic acids is 1. The summed E-state index contributed by atoms with van der Waals surface area (Å²) in [4.78, 5) is 18.0. The van der Waals surface area contributed by atoms with Gasteiger partial charge < -0.3 is 9.47 Å². The first-order valence-corrected chi connectivity index (χ1v) is 8.26. The van der Waals surface area contributed by atoms with Gasteiger partial charge in [0.2, 0.25) is 0 Å². The molecule has 0 saturated carbocycles. The van der Waals surface area contributed by atoms with E-state index in [1.807, 2.05) is 6.92 Å². The third-order valence-corrected chi connectivity index (χ3v) is 5.59. The fourth-order valence-corrected chi connectivity index (χ4v) is 4.29. The first-order chi connectivity index (χ1) is 9.64. The maximum absolute atomic E-state index is 12.0. The summed E-state index contributed by atoms with van der Waals surface area (Å²) in [6.07, 6.45) is 5.11. The van der Waals surface area contributed by atoms with Crippen LogP contribution in [0.3, 0.4) is 0 Å². The van der Waals surface area contributed by atoms with Crippen LogP contribution in [0.25, 0.3) is 0 Å². The van der Waals surface area contributed by atoms with Crippen LogP contribution in [0.1, 0.15) is 61.0 Å². The van der Waals surface area contributed by atoms with E-state index in [-0.39, 0.29) is 17.5 Å². The lowest BCUT2D eigenvalue weighted by Gasteiger charge is -2.32. The molecule has 1 fully saturated rings. The summed E-state index contributed by atoms with van der Waals surface area (Å²) in [6, 6.07) is 0. The van der Waals surface area contributed by atoms with Gasteiger partial charge in [0.25, 0.3) is 0 Å². The molecule has 2 atom stereocenters. The van der Waals surface area contributed by atoms with E-state index in [0.717, 1.165) is 43.0 Å². The first kappa shape index (κ1) is 14.0. The van der Waals surface area contributed by atoms with Gasteiger partial charge >= 0.3 is 5.97 Å². The van der Waals surface area contributed by atoms with E-state index >= 15 is 0 Å². The minimum absolute atomic E-state index is 0.127. The second-order valence-corrected chi connectivity index (χ2v) is 6.79. The number of rotatable bonds is 3. The highest BCUT2D eigenvalue weighted by Crippen LogP contribution is 2.43. The number of ether oxygens (including phenoxy) is 2.